The quantitative estimate of drug-likeness (QED) is 0.706. The molecule has 0 aliphatic rings. The summed E-state index contributed by atoms with van der Waals surface area (Å²) in [5, 5.41) is 9.62. The van der Waals surface area contributed by atoms with Crippen molar-refractivity contribution in [3.8, 4) is 0 Å². The number of aliphatic hydroxyl groups excluding tert-OH is 1. The van der Waals surface area contributed by atoms with Crippen LogP contribution in [0.2, 0.25) is 0 Å². The van der Waals surface area contributed by atoms with Gasteiger partial charge in [-0.3, -0.25) is 0 Å². The summed E-state index contributed by atoms with van der Waals surface area (Å²) in [4.78, 5) is 7.99. The first-order valence-corrected chi connectivity index (χ1v) is 4.79. The SMILES string of the molecule is CCCCCC(O)c1ncccn1. The molecule has 0 aromatic carbocycles. The molecule has 0 fully saturated rings. The van der Waals surface area contributed by atoms with Gasteiger partial charge in [0.15, 0.2) is 5.82 Å². The maximum absolute atomic E-state index is 9.62. The van der Waals surface area contributed by atoms with E-state index in [1.165, 1.54) is 6.42 Å². The van der Waals surface area contributed by atoms with E-state index in [1.54, 1.807) is 18.5 Å². The zero-order valence-corrected chi connectivity index (χ0v) is 7.98. The highest BCUT2D eigenvalue weighted by Gasteiger charge is 2.08. The van der Waals surface area contributed by atoms with Gasteiger partial charge in [-0.2, -0.15) is 0 Å². The Morgan fingerprint density at radius 1 is 1.31 bits per heavy atom. The van der Waals surface area contributed by atoms with Crippen LogP contribution in [0.4, 0.5) is 0 Å². The van der Waals surface area contributed by atoms with Gasteiger partial charge in [-0.1, -0.05) is 26.2 Å². The van der Waals surface area contributed by atoms with Crippen molar-refractivity contribution >= 4 is 0 Å². The van der Waals surface area contributed by atoms with Crippen molar-refractivity contribution in [1.29, 1.82) is 0 Å². The molecular weight excluding hydrogens is 164 g/mol. The lowest BCUT2D eigenvalue weighted by molar-refractivity contribution is 0.154. The summed E-state index contributed by atoms with van der Waals surface area (Å²) in [6.07, 6.45) is 6.95. The minimum Gasteiger partial charge on any atom is -0.385 e. The van der Waals surface area contributed by atoms with E-state index in [0.29, 0.717) is 5.82 Å². The Kier molecular flexibility index (Phi) is 4.40. The minimum atomic E-state index is -0.493. The number of nitrogens with zero attached hydrogens (tertiary/aromatic N) is 2. The predicted octanol–water partition coefficient (Wildman–Crippen LogP) is 2.09. The van der Waals surface area contributed by atoms with Gasteiger partial charge in [-0.05, 0) is 12.5 Å². The number of aliphatic hydroxyl groups is 1. The molecule has 0 saturated heterocycles. The van der Waals surface area contributed by atoms with Gasteiger partial charge >= 0.3 is 0 Å². The lowest BCUT2D eigenvalue weighted by atomic mass is 10.1. The summed E-state index contributed by atoms with van der Waals surface area (Å²) in [6.45, 7) is 2.14. The van der Waals surface area contributed by atoms with Crippen molar-refractivity contribution in [2.24, 2.45) is 0 Å². The molecule has 0 amide bonds. The normalized spacial score (nSPS) is 12.8. The molecule has 0 bridgehead atoms. The van der Waals surface area contributed by atoms with Crippen LogP contribution in [-0.4, -0.2) is 15.1 Å². The van der Waals surface area contributed by atoms with Crippen LogP contribution in [0.5, 0.6) is 0 Å². The second kappa shape index (κ2) is 5.65. The molecule has 3 nitrogen and oxygen atoms in total. The largest absolute Gasteiger partial charge is 0.385 e. The maximum Gasteiger partial charge on any atom is 0.156 e. The van der Waals surface area contributed by atoms with Crippen LogP contribution in [-0.2, 0) is 0 Å². The third-order valence-electron chi connectivity index (χ3n) is 1.96. The summed E-state index contributed by atoms with van der Waals surface area (Å²) in [6, 6.07) is 1.75. The zero-order chi connectivity index (χ0) is 9.52. The van der Waals surface area contributed by atoms with Crippen LogP contribution in [0.25, 0.3) is 0 Å². The van der Waals surface area contributed by atoms with Crippen molar-refractivity contribution in [3.05, 3.63) is 24.3 Å². The third kappa shape index (κ3) is 3.51. The van der Waals surface area contributed by atoms with Gasteiger partial charge in [-0.15, -0.1) is 0 Å². The van der Waals surface area contributed by atoms with Crippen molar-refractivity contribution in [2.75, 3.05) is 0 Å². The highest BCUT2D eigenvalue weighted by molar-refractivity contribution is 4.92. The fraction of sp³-hybridized carbons (Fsp3) is 0.600. The number of hydrogen-bond donors (Lipinski definition) is 1. The van der Waals surface area contributed by atoms with Crippen molar-refractivity contribution < 1.29 is 5.11 Å². The molecule has 0 saturated carbocycles. The Morgan fingerprint density at radius 2 is 2.00 bits per heavy atom. The molecule has 1 rings (SSSR count). The van der Waals surface area contributed by atoms with Gasteiger partial charge in [0, 0.05) is 12.4 Å². The number of hydrogen-bond acceptors (Lipinski definition) is 3. The molecular formula is C10H16N2O. The van der Waals surface area contributed by atoms with Crippen LogP contribution in [0, 0.1) is 0 Å². The van der Waals surface area contributed by atoms with Crippen LogP contribution in [0.15, 0.2) is 18.5 Å². The van der Waals surface area contributed by atoms with Crippen molar-refractivity contribution in [2.45, 2.75) is 38.7 Å². The van der Waals surface area contributed by atoms with E-state index >= 15 is 0 Å². The van der Waals surface area contributed by atoms with Gasteiger partial charge in [0.1, 0.15) is 6.10 Å². The first kappa shape index (κ1) is 10.1. The molecule has 0 aliphatic carbocycles. The van der Waals surface area contributed by atoms with E-state index in [1.807, 2.05) is 0 Å². The fourth-order valence-electron chi connectivity index (χ4n) is 1.20. The zero-order valence-electron chi connectivity index (χ0n) is 7.98. The van der Waals surface area contributed by atoms with Gasteiger partial charge in [0.05, 0.1) is 0 Å². The molecule has 3 heteroatoms. The predicted molar refractivity (Wildman–Crippen MR) is 51.1 cm³/mol. The van der Waals surface area contributed by atoms with Crippen LogP contribution < -0.4 is 0 Å². The molecule has 1 aromatic heterocycles. The highest BCUT2D eigenvalue weighted by Crippen LogP contribution is 2.14. The maximum atomic E-state index is 9.62. The Balaban J connectivity index is 2.35. The molecule has 0 spiro atoms. The van der Waals surface area contributed by atoms with Gasteiger partial charge in [0.25, 0.3) is 0 Å². The lowest BCUT2D eigenvalue weighted by Crippen LogP contribution is -2.02. The minimum absolute atomic E-state index is 0.493. The number of rotatable bonds is 5. The number of aromatic nitrogens is 2. The molecule has 1 aromatic rings. The van der Waals surface area contributed by atoms with Crippen LogP contribution in [0.1, 0.15) is 44.5 Å². The van der Waals surface area contributed by atoms with Gasteiger partial charge < -0.3 is 5.11 Å². The molecule has 1 N–H and O–H groups in total. The third-order valence-corrected chi connectivity index (χ3v) is 1.96. The van der Waals surface area contributed by atoms with Gasteiger partial charge in [0.2, 0.25) is 0 Å². The fourth-order valence-corrected chi connectivity index (χ4v) is 1.20. The molecule has 1 unspecified atom stereocenters. The van der Waals surface area contributed by atoms with E-state index < -0.39 is 6.10 Å². The Labute approximate surface area is 78.9 Å². The van der Waals surface area contributed by atoms with Crippen molar-refractivity contribution in [3.63, 3.8) is 0 Å². The van der Waals surface area contributed by atoms with E-state index in [4.69, 9.17) is 0 Å². The standard InChI is InChI=1S/C10H16N2O/c1-2-3-4-6-9(13)10-11-7-5-8-12-10/h5,7-9,13H,2-4,6H2,1H3. The Hall–Kier alpha value is -0.960. The first-order valence-electron chi connectivity index (χ1n) is 4.79. The Morgan fingerprint density at radius 3 is 2.62 bits per heavy atom. The van der Waals surface area contributed by atoms with E-state index in [-0.39, 0.29) is 0 Å². The van der Waals surface area contributed by atoms with Crippen molar-refractivity contribution in [1.82, 2.24) is 9.97 Å². The van der Waals surface area contributed by atoms with E-state index in [2.05, 4.69) is 16.9 Å². The van der Waals surface area contributed by atoms with Gasteiger partial charge in [-0.25, -0.2) is 9.97 Å². The molecule has 72 valence electrons. The summed E-state index contributed by atoms with van der Waals surface area (Å²) < 4.78 is 0. The van der Waals surface area contributed by atoms with E-state index in [9.17, 15) is 5.11 Å². The average Bonchev–Trinajstić information content (AvgIpc) is 2.19. The monoisotopic (exact) mass is 180 g/mol. The van der Waals surface area contributed by atoms with Crippen LogP contribution in [0.3, 0.4) is 0 Å². The highest BCUT2D eigenvalue weighted by atomic mass is 16.3. The molecule has 13 heavy (non-hydrogen) atoms. The smallest absolute Gasteiger partial charge is 0.156 e. The molecule has 0 radical (unpaired) electrons. The average molecular weight is 180 g/mol. The second-order valence-electron chi connectivity index (χ2n) is 3.12. The van der Waals surface area contributed by atoms with Crippen LogP contribution >= 0.6 is 0 Å². The number of unbranched alkanes of at least 4 members (excludes halogenated alkanes) is 2. The summed E-state index contributed by atoms with van der Waals surface area (Å²) >= 11 is 0. The lowest BCUT2D eigenvalue weighted by Gasteiger charge is -2.07. The second-order valence-corrected chi connectivity index (χ2v) is 3.12. The topological polar surface area (TPSA) is 46.0 Å². The summed E-state index contributed by atoms with van der Waals surface area (Å²) in [5.41, 5.74) is 0. The first-order chi connectivity index (χ1) is 6.34. The Bertz CT molecular complexity index is 226. The van der Waals surface area contributed by atoms with E-state index in [0.717, 1.165) is 19.3 Å². The summed E-state index contributed by atoms with van der Waals surface area (Å²) in [5.74, 6) is 0.540. The molecule has 1 atom stereocenters. The molecule has 1 heterocycles. The summed E-state index contributed by atoms with van der Waals surface area (Å²) in [7, 11) is 0. The molecule has 0 aliphatic heterocycles.